The second kappa shape index (κ2) is 18.9. The number of ether oxygens (including phenoxy) is 3. The summed E-state index contributed by atoms with van der Waals surface area (Å²) < 4.78 is 41.7. The summed E-state index contributed by atoms with van der Waals surface area (Å²) in [5.41, 5.74) is 1.94. The monoisotopic (exact) mass is 803 g/mol. The lowest BCUT2D eigenvalue weighted by molar-refractivity contribution is -0.145. The first-order chi connectivity index (χ1) is 27.1. The molecule has 0 aliphatic heterocycles. The zero-order valence-electron chi connectivity index (χ0n) is 34.3. The van der Waals surface area contributed by atoms with Crippen LogP contribution >= 0.6 is 0 Å². The number of unbranched alkanes of at least 4 members (excludes halogenated alkanes) is 5. The molecule has 0 radical (unpaired) electrons. The molecule has 1 saturated carbocycles. The molecule has 1 fully saturated rings. The summed E-state index contributed by atoms with van der Waals surface area (Å²) in [5, 5.41) is 13.1. The number of methoxy groups -OCH3 is 1. The molecule has 0 spiro atoms. The molecule has 14 heteroatoms. The van der Waals surface area contributed by atoms with Gasteiger partial charge in [-0.3, -0.25) is 14.3 Å². The van der Waals surface area contributed by atoms with Gasteiger partial charge in [0.25, 0.3) is 0 Å². The van der Waals surface area contributed by atoms with E-state index < -0.39 is 29.3 Å². The third-order valence-electron chi connectivity index (χ3n) is 10.6. The Balaban J connectivity index is 1.37. The minimum atomic E-state index is -2.20. The van der Waals surface area contributed by atoms with Gasteiger partial charge in [-0.15, -0.1) is 0 Å². The maximum atomic E-state index is 13.7. The van der Waals surface area contributed by atoms with Gasteiger partial charge in [-0.05, 0) is 84.7 Å². The Hall–Kier alpha value is -5.03. The van der Waals surface area contributed by atoms with Crippen molar-refractivity contribution in [2.24, 2.45) is 17.8 Å². The van der Waals surface area contributed by atoms with E-state index in [9.17, 15) is 18.9 Å². The highest BCUT2D eigenvalue weighted by Crippen LogP contribution is 2.39. The number of benzene rings is 2. The van der Waals surface area contributed by atoms with Crippen LogP contribution in [0.3, 0.4) is 0 Å². The average Bonchev–Trinajstić information content (AvgIpc) is 3.72. The fraction of sp³-hybridized carbons (Fsp3) is 0.535. The number of hydrogen-bond acceptors (Lipinski definition) is 8. The first-order valence-electron chi connectivity index (χ1n) is 19.9. The van der Waals surface area contributed by atoms with Gasteiger partial charge in [-0.1, -0.05) is 86.6 Å². The molecule has 4 aromatic rings. The van der Waals surface area contributed by atoms with Gasteiger partial charge in [-0.2, -0.15) is 4.21 Å². The van der Waals surface area contributed by atoms with E-state index in [1.807, 2.05) is 26.8 Å². The summed E-state index contributed by atoms with van der Waals surface area (Å²) in [6.45, 7) is 22.4. The van der Waals surface area contributed by atoms with Gasteiger partial charge in [-0.25, -0.2) is 19.4 Å². The number of aromatic amines is 1. The van der Waals surface area contributed by atoms with Crippen LogP contribution in [0.25, 0.3) is 21.9 Å². The molecular formula is C43H57N5O8S. The predicted octanol–water partition coefficient (Wildman–Crippen LogP) is 10.1. The minimum absolute atomic E-state index is 0.0968. The molecular weight excluding hydrogens is 747 g/mol. The van der Waals surface area contributed by atoms with E-state index in [0.29, 0.717) is 41.6 Å². The molecule has 5 rings (SSSR count). The van der Waals surface area contributed by atoms with Gasteiger partial charge < -0.3 is 23.5 Å². The van der Waals surface area contributed by atoms with E-state index in [0.717, 1.165) is 50.5 Å². The van der Waals surface area contributed by atoms with Gasteiger partial charge in [0.2, 0.25) is 5.69 Å². The standard InChI is InChI=1S/C43H57N5O8S/c1-10-11-12-13-14-15-16-35(41(49)50)54-34-20-18-30(43(5,6)7)24-36(34)56-57(52)47-31-23-29(17-19-33(31)53-9)39-45-40-37(32(44-8)25-48(40)46-39)42(51)55-38-27(3)21-26(2)22-28(38)4/h17-20,23-28,35,38,47H,10-16,21-22H2,1-7,9H3,(H,45,46)(H,49,50). The number of aliphatic carboxylic acids is 1. The third kappa shape index (κ3) is 10.7. The van der Waals surface area contributed by atoms with Crippen LogP contribution in [0, 0.1) is 24.3 Å². The number of carbonyl (C=O) groups excluding carboxylic acids is 1. The fourth-order valence-electron chi connectivity index (χ4n) is 7.70. The Labute approximate surface area is 338 Å². The Morgan fingerprint density at radius 3 is 2.37 bits per heavy atom. The van der Waals surface area contributed by atoms with Gasteiger partial charge in [0.1, 0.15) is 17.4 Å². The lowest BCUT2D eigenvalue weighted by Gasteiger charge is -2.37. The molecule has 0 bridgehead atoms. The molecule has 1 aliphatic rings. The van der Waals surface area contributed by atoms with Crippen LogP contribution in [0.5, 0.6) is 17.2 Å². The number of nitrogens with one attached hydrogen (secondary N) is 2. The molecule has 0 amide bonds. The summed E-state index contributed by atoms with van der Waals surface area (Å²) in [7, 11) is 1.48. The zero-order valence-corrected chi connectivity index (χ0v) is 35.2. The van der Waals surface area contributed by atoms with Crippen LogP contribution in [0.4, 0.5) is 11.4 Å². The molecule has 4 atom stereocenters. The summed E-state index contributed by atoms with van der Waals surface area (Å²) in [6, 6.07) is 10.3. The number of esters is 1. The highest BCUT2D eigenvalue weighted by molar-refractivity contribution is 7.82. The quantitative estimate of drug-likeness (QED) is 0.0506. The smallest absolute Gasteiger partial charge is 0.344 e. The summed E-state index contributed by atoms with van der Waals surface area (Å²) in [5.74, 6) is 0.295. The Bertz CT molecular complexity index is 2080. The fourth-order valence-corrected chi connectivity index (χ4v) is 8.38. The topological polar surface area (TPSA) is 158 Å². The zero-order chi connectivity index (χ0) is 41.4. The first-order valence-corrected chi connectivity index (χ1v) is 21.0. The van der Waals surface area contributed by atoms with Crippen molar-refractivity contribution in [3.8, 4) is 28.6 Å². The number of H-pyrrole nitrogens is 1. The van der Waals surface area contributed by atoms with Crippen molar-refractivity contribution >= 4 is 40.2 Å². The van der Waals surface area contributed by atoms with E-state index in [1.165, 1.54) is 17.8 Å². The normalized spacial score (nSPS) is 19.4. The Morgan fingerprint density at radius 2 is 1.72 bits per heavy atom. The van der Waals surface area contributed by atoms with E-state index in [2.05, 4.69) is 42.4 Å². The molecule has 13 nitrogen and oxygen atoms in total. The predicted molar refractivity (Wildman–Crippen MR) is 221 cm³/mol. The average molecular weight is 804 g/mol. The van der Waals surface area contributed by atoms with Crippen LogP contribution in [0.2, 0.25) is 0 Å². The van der Waals surface area contributed by atoms with Crippen LogP contribution in [0.15, 0.2) is 42.6 Å². The number of rotatable bonds is 18. The number of carbonyl (C=O) groups is 2. The Kier molecular flexibility index (Phi) is 14.3. The van der Waals surface area contributed by atoms with Crippen molar-refractivity contribution < 1.29 is 37.3 Å². The SMILES string of the molecule is [C-]#[N+]c1cn2[nH]c(-c3ccc(OC)c(NS(=O)Oc4cc(C(C)(C)C)ccc4OC(CCCCCCCC)C(=O)O)c3)nc2c1C(=O)OC1C(C)CC(C)CC1C. The lowest BCUT2D eigenvalue weighted by Crippen LogP contribution is -2.37. The van der Waals surface area contributed by atoms with Crippen LogP contribution in [0.1, 0.15) is 122 Å². The van der Waals surface area contributed by atoms with Crippen molar-refractivity contribution in [2.75, 3.05) is 11.8 Å². The lowest BCUT2D eigenvalue weighted by atomic mass is 9.75. The van der Waals surface area contributed by atoms with Crippen molar-refractivity contribution in [1.82, 2.24) is 14.6 Å². The highest BCUT2D eigenvalue weighted by Gasteiger charge is 2.36. The Morgan fingerprint density at radius 1 is 1.04 bits per heavy atom. The van der Waals surface area contributed by atoms with E-state index in [1.54, 1.807) is 30.3 Å². The van der Waals surface area contributed by atoms with Crippen molar-refractivity contribution in [3.63, 3.8) is 0 Å². The molecule has 2 aromatic carbocycles. The minimum Gasteiger partial charge on any atom is -0.495 e. The van der Waals surface area contributed by atoms with Gasteiger partial charge in [0.15, 0.2) is 29.1 Å². The number of carboxylic acid groups (broad SMARTS) is 1. The first kappa shape index (κ1) is 43.1. The number of carboxylic acids is 1. The van der Waals surface area contributed by atoms with Crippen LogP contribution in [-0.2, 0) is 26.2 Å². The molecule has 4 unspecified atom stereocenters. The maximum Gasteiger partial charge on any atom is 0.344 e. The van der Waals surface area contributed by atoms with E-state index in [-0.39, 0.29) is 51.8 Å². The number of fused-ring (bicyclic) bond motifs is 1. The van der Waals surface area contributed by atoms with Gasteiger partial charge in [0, 0.05) is 11.8 Å². The summed E-state index contributed by atoms with van der Waals surface area (Å²) in [6.07, 6.45) is 8.47. The molecule has 3 N–H and O–H groups in total. The molecule has 1 aliphatic carbocycles. The number of nitrogens with zero attached hydrogens (tertiary/aromatic N) is 3. The largest absolute Gasteiger partial charge is 0.495 e. The third-order valence-corrected chi connectivity index (χ3v) is 11.4. The molecule has 2 aromatic heterocycles. The molecule has 57 heavy (non-hydrogen) atoms. The van der Waals surface area contributed by atoms with E-state index in [4.69, 9.17) is 29.9 Å². The molecule has 308 valence electrons. The molecule has 2 heterocycles. The summed E-state index contributed by atoms with van der Waals surface area (Å²) >= 11 is -2.20. The summed E-state index contributed by atoms with van der Waals surface area (Å²) in [4.78, 5) is 34.2. The van der Waals surface area contributed by atoms with Gasteiger partial charge in [0.05, 0.1) is 19.4 Å². The number of hydrogen-bond donors (Lipinski definition) is 3. The van der Waals surface area contributed by atoms with Crippen LogP contribution < -0.4 is 18.4 Å². The van der Waals surface area contributed by atoms with E-state index >= 15 is 0 Å². The second-order valence-electron chi connectivity index (χ2n) is 16.4. The second-order valence-corrected chi connectivity index (χ2v) is 17.3. The highest BCUT2D eigenvalue weighted by atomic mass is 32.2. The number of anilines is 1. The van der Waals surface area contributed by atoms with Crippen molar-refractivity contribution in [2.45, 2.75) is 124 Å². The van der Waals surface area contributed by atoms with Crippen LogP contribution in [-0.4, -0.2) is 55.2 Å². The van der Waals surface area contributed by atoms with Crippen molar-refractivity contribution in [1.29, 1.82) is 0 Å². The molecule has 0 saturated heterocycles. The van der Waals surface area contributed by atoms with Crippen molar-refractivity contribution in [3.05, 3.63) is 65.1 Å². The van der Waals surface area contributed by atoms with Gasteiger partial charge >= 0.3 is 23.2 Å². The maximum absolute atomic E-state index is 13.7. The number of aromatic nitrogens is 3.